The summed E-state index contributed by atoms with van der Waals surface area (Å²) in [5.74, 6) is 5.14. The number of rotatable bonds is 2. The fraction of sp³-hybridized carbons (Fsp3) is 0.143. The van der Waals surface area contributed by atoms with Crippen LogP contribution in [0.3, 0.4) is 0 Å². The number of nitrogens with two attached hydrogens (primary N) is 1. The zero-order valence-corrected chi connectivity index (χ0v) is 9.34. The van der Waals surface area contributed by atoms with Crippen LogP contribution in [0.15, 0.2) is 12.1 Å². The Balaban J connectivity index is 3.18. The van der Waals surface area contributed by atoms with Crippen LogP contribution in [0.5, 0.6) is 0 Å². The second-order valence-electron chi connectivity index (χ2n) is 2.29. The number of hydrogen-bond acceptors (Lipinski definition) is 2. The van der Waals surface area contributed by atoms with Crippen molar-refractivity contribution in [1.29, 1.82) is 0 Å². The molecule has 0 saturated carbocycles. The average molecular weight is 260 g/mol. The molecule has 0 fully saturated rings. The van der Waals surface area contributed by atoms with E-state index in [4.69, 9.17) is 52.2 Å². The van der Waals surface area contributed by atoms with E-state index in [0.717, 1.165) is 0 Å². The van der Waals surface area contributed by atoms with E-state index in [1.54, 1.807) is 12.1 Å². The molecule has 1 aromatic rings. The fourth-order valence-corrected chi connectivity index (χ4v) is 1.72. The molecule has 13 heavy (non-hydrogen) atoms. The first-order valence-corrected chi connectivity index (χ1v) is 4.88. The normalized spacial score (nSPS) is 13.0. The Bertz CT molecular complexity index is 316. The molecular formula is C7H6Cl4N2. The van der Waals surface area contributed by atoms with Gasteiger partial charge in [-0.3, -0.25) is 5.84 Å². The van der Waals surface area contributed by atoms with E-state index in [1.165, 1.54) is 0 Å². The second-order valence-corrected chi connectivity index (χ2v) is 3.89. The highest BCUT2D eigenvalue weighted by Gasteiger charge is 2.14. The van der Waals surface area contributed by atoms with Gasteiger partial charge in [0.05, 0.1) is 15.1 Å². The Morgan fingerprint density at radius 1 is 1.15 bits per heavy atom. The van der Waals surface area contributed by atoms with E-state index in [0.29, 0.717) is 15.6 Å². The molecule has 0 bridgehead atoms. The number of benzene rings is 1. The van der Waals surface area contributed by atoms with Crippen molar-refractivity contribution in [1.82, 2.24) is 5.43 Å². The lowest BCUT2D eigenvalue weighted by atomic mass is 10.2. The van der Waals surface area contributed by atoms with Crippen LogP contribution in [-0.4, -0.2) is 0 Å². The molecule has 0 heterocycles. The van der Waals surface area contributed by atoms with Gasteiger partial charge in [0.25, 0.3) is 0 Å². The molecule has 1 rings (SSSR count). The summed E-state index contributed by atoms with van der Waals surface area (Å²) in [6.07, 6.45) is 0. The van der Waals surface area contributed by atoms with Crippen LogP contribution in [0.2, 0.25) is 15.1 Å². The molecule has 0 aliphatic rings. The molecule has 0 saturated heterocycles. The summed E-state index contributed by atoms with van der Waals surface area (Å²) in [6, 6.07) is 3.27. The standard InChI is InChI=1S/C7H6Cl4N2/c8-4-2-1-3(7(11)13-12)5(9)6(4)10/h1-2,7,13H,12H2. The molecule has 0 amide bonds. The molecule has 3 N–H and O–H groups in total. The maximum Gasteiger partial charge on any atom is 0.122 e. The van der Waals surface area contributed by atoms with E-state index in [1.807, 2.05) is 0 Å². The molecule has 0 radical (unpaired) electrons. The second kappa shape index (κ2) is 4.69. The minimum Gasteiger partial charge on any atom is -0.270 e. The molecule has 0 aliphatic carbocycles. The SMILES string of the molecule is NNC(Cl)c1ccc(Cl)c(Cl)c1Cl. The largest absolute Gasteiger partial charge is 0.270 e. The van der Waals surface area contributed by atoms with Crippen LogP contribution in [0, 0.1) is 0 Å². The number of nitrogens with one attached hydrogen (secondary N) is 1. The number of hydrazine groups is 1. The van der Waals surface area contributed by atoms with Crippen molar-refractivity contribution < 1.29 is 0 Å². The first-order valence-electron chi connectivity index (χ1n) is 3.31. The number of alkyl halides is 1. The van der Waals surface area contributed by atoms with Gasteiger partial charge in [-0.1, -0.05) is 52.5 Å². The van der Waals surface area contributed by atoms with Crippen LogP contribution < -0.4 is 11.3 Å². The molecule has 72 valence electrons. The molecular weight excluding hydrogens is 254 g/mol. The molecule has 0 aliphatic heterocycles. The smallest absolute Gasteiger partial charge is 0.122 e. The van der Waals surface area contributed by atoms with Crippen molar-refractivity contribution in [2.45, 2.75) is 5.50 Å². The van der Waals surface area contributed by atoms with Gasteiger partial charge in [0.15, 0.2) is 0 Å². The molecule has 0 spiro atoms. The van der Waals surface area contributed by atoms with Crippen LogP contribution in [0.1, 0.15) is 11.1 Å². The summed E-state index contributed by atoms with van der Waals surface area (Å²) in [7, 11) is 0. The summed E-state index contributed by atoms with van der Waals surface area (Å²) < 4.78 is 0. The van der Waals surface area contributed by atoms with E-state index >= 15 is 0 Å². The molecule has 1 aromatic carbocycles. The van der Waals surface area contributed by atoms with E-state index in [9.17, 15) is 0 Å². The van der Waals surface area contributed by atoms with Crippen LogP contribution >= 0.6 is 46.4 Å². The third-order valence-corrected chi connectivity index (χ3v) is 3.15. The Morgan fingerprint density at radius 2 is 1.77 bits per heavy atom. The summed E-state index contributed by atoms with van der Waals surface area (Å²) in [5, 5.41) is 0.977. The van der Waals surface area contributed by atoms with Gasteiger partial charge >= 0.3 is 0 Å². The summed E-state index contributed by atoms with van der Waals surface area (Å²) in [5.41, 5.74) is 2.36. The van der Waals surface area contributed by atoms with Gasteiger partial charge < -0.3 is 0 Å². The molecule has 1 atom stereocenters. The predicted molar refractivity (Wildman–Crippen MR) is 57.4 cm³/mol. The minimum absolute atomic E-state index is 0.279. The average Bonchev–Trinajstić information content (AvgIpc) is 2.13. The van der Waals surface area contributed by atoms with E-state index < -0.39 is 5.50 Å². The van der Waals surface area contributed by atoms with Gasteiger partial charge in [0, 0.05) is 5.56 Å². The lowest BCUT2D eigenvalue weighted by Gasteiger charge is -2.11. The first-order chi connectivity index (χ1) is 6.07. The zero-order valence-electron chi connectivity index (χ0n) is 6.32. The first kappa shape index (κ1) is 11.4. The van der Waals surface area contributed by atoms with Crippen LogP contribution in [-0.2, 0) is 0 Å². The molecule has 6 heteroatoms. The zero-order chi connectivity index (χ0) is 10.0. The minimum atomic E-state index is -0.581. The van der Waals surface area contributed by atoms with Crippen molar-refractivity contribution in [3.8, 4) is 0 Å². The summed E-state index contributed by atoms with van der Waals surface area (Å²) >= 11 is 23.2. The van der Waals surface area contributed by atoms with Gasteiger partial charge in [0.2, 0.25) is 0 Å². The quantitative estimate of drug-likeness (QED) is 0.281. The van der Waals surface area contributed by atoms with Gasteiger partial charge in [0.1, 0.15) is 5.50 Å². The Hall–Kier alpha value is 0.300. The fourth-order valence-electron chi connectivity index (χ4n) is 0.826. The van der Waals surface area contributed by atoms with Gasteiger partial charge in [-0.05, 0) is 6.07 Å². The third-order valence-electron chi connectivity index (χ3n) is 1.48. The van der Waals surface area contributed by atoms with Crippen molar-refractivity contribution in [3.63, 3.8) is 0 Å². The Morgan fingerprint density at radius 3 is 2.31 bits per heavy atom. The Kier molecular flexibility index (Phi) is 4.10. The third kappa shape index (κ3) is 2.40. The van der Waals surface area contributed by atoms with E-state index in [-0.39, 0.29) is 5.02 Å². The molecule has 0 aromatic heterocycles. The molecule has 1 unspecified atom stereocenters. The van der Waals surface area contributed by atoms with Crippen molar-refractivity contribution >= 4 is 46.4 Å². The number of hydrogen-bond donors (Lipinski definition) is 2. The lowest BCUT2D eigenvalue weighted by molar-refractivity contribution is 0.713. The Labute approximate surface area is 95.9 Å². The molecule has 2 nitrogen and oxygen atoms in total. The van der Waals surface area contributed by atoms with E-state index in [2.05, 4.69) is 5.43 Å². The monoisotopic (exact) mass is 258 g/mol. The van der Waals surface area contributed by atoms with Gasteiger partial charge in [-0.25, -0.2) is 5.43 Å². The van der Waals surface area contributed by atoms with Crippen molar-refractivity contribution in [2.24, 2.45) is 5.84 Å². The maximum absolute atomic E-state index is 5.88. The number of halogens is 4. The van der Waals surface area contributed by atoms with Crippen LogP contribution in [0.4, 0.5) is 0 Å². The van der Waals surface area contributed by atoms with Crippen molar-refractivity contribution in [2.75, 3.05) is 0 Å². The summed E-state index contributed by atoms with van der Waals surface area (Å²) in [6.45, 7) is 0. The highest BCUT2D eigenvalue weighted by atomic mass is 35.5. The van der Waals surface area contributed by atoms with Gasteiger partial charge in [-0.15, -0.1) is 0 Å². The van der Waals surface area contributed by atoms with Crippen LogP contribution in [0.25, 0.3) is 0 Å². The van der Waals surface area contributed by atoms with Gasteiger partial charge in [-0.2, -0.15) is 0 Å². The maximum atomic E-state index is 5.88. The predicted octanol–water partition coefficient (Wildman–Crippen LogP) is 3.35. The highest BCUT2D eigenvalue weighted by molar-refractivity contribution is 6.48. The lowest BCUT2D eigenvalue weighted by Crippen LogP contribution is -2.24. The summed E-state index contributed by atoms with van der Waals surface area (Å²) in [4.78, 5) is 0. The highest BCUT2D eigenvalue weighted by Crippen LogP contribution is 2.36. The topological polar surface area (TPSA) is 38.0 Å². The van der Waals surface area contributed by atoms with Crippen molar-refractivity contribution in [3.05, 3.63) is 32.8 Å².